The number of hydrogen-bond acceptors (Lipinski definition) is 2. The lowest BCUT2D eigenvalue weighted by Crippen LogP contribution is -2.46. The van der Waals surface area contributed by atoms with Crippen LogP contribution in [0.2, 0.25) is 0 Å². The third-order valence-electron chi connectivity index (χ3n) is 2.43. The number of allylic oxidation sites excluding steroid dienone is 2. The van der Waals surface area contributed by atoms with Crippen LogP contribution in [0.25, 0.3) is 0 Å². The predicted molar refractivity (Wildman–Crippen MR) is 55.8 cm³/mol. The number of aliphatic hydroxyl groups is 1. The van der Waals surface area contributed by atoms with Gasteiger partial charge in [-0.05, 0) is 32.6 Å². The van der Waals surface area contributed by atoms with Crippen LogP contribution in [0.3, 0.4) is 0 Å². The van der Waals surface area contributed by atoms with Gasteiger partial charge >= 0.3 is 0 Å². The van der Waals surface area contributed by atoms with E-state index in [9.17, 15) is 4.79 Å². The highest BCUT2D eigenvalue weighted by Gasteiger charge is 2.21. The highest BCUT2D eigenvalue weighted by Crippen LogP contribution is 2.20. The van der Waals surface area contributed by atoms with E-state index in [1.807, 2.05) is 13.8 Å². The molecule has 1 amide bonds. The van der Waals surface area contributed by atoms with Gasteiger partial charge in [-0.3, -0.25) is 4.79 Å². The Morgan fingerprint density at radius 3 is 2.86 bits per heavy atom. The molecular weight excluding hydrogens is 178 g/mol. The fourth-order valence-electron chi connectivity index (χ4n) is 1.57. The largest absolute Gasteiger partial charge is 0.394 e. The Bertz CT molecular complexity index is 233. The van der Waals surface area contributed by atoms with Crippen molar-refractivity contribution >= 4 is 5.91 Å². The number of hydrogen-bond donors (Lipinski definition) is 2. The summed E-state index contributed by atoms with van der Waals surface area (Å²) < 4.78 is 0. The van der Waals surface area contributed by atoms with Crippen molar-refractivity contribution in [1.82, 2.24) is 5.32 Å². The molecule has 0 fully saturated rings. The average molecular weight is 197 g/mol. The summed E-state index contributed by atoms with van der Waals surface area (Å²) in [6.07, 6.45) is 6.93. The molecule has 0 aromatic rings. The molecule has 1 aliphatic carbocycles. The Hall–Kier alpha value is -0.830. The van der Waals surface area contributed by atoms with Gasteiger partial charge < -0.3 is 10.4 Å². The van der Waals surface area contributed by atoms with Crippen LogP contribution in [0.5, 0.6) is 0 Å². The first-order valence-corrected chi connectivity index (χ1v) is 5.12. The van der Waals surface area contributed by atoms with Crippen LogP contribution in [-0.4, -0.2) is 23.2 Å². The van der Waals surface area contributed by atoms with Crippen molar-refractivity contribution in [2.24, 2.45) is 5.92 Å². The van der Waals surface area contributed by atoms with E-state index in [2.05, 4.69) is 17.5 Å². The van der Waals surface area contributed by atoms with Gasteiger partial charge in [0.2, 0.25) is 5.91 Å². The molecule has 1 rings (SSSR count). The smallest absolute Gasteiger partial charge is 0.221 e. The normalized spacial score (nSPS) is 21.2. The zero-order valence-corrected chi connectivity index (χ0v) is 8.92. The van der Waals surface area contributed by atoms with Crippen molar-refractivity contribution in [1.29, 1.82) is 0 Å². The van der Waals surface area contributed by atoms with Crippen molar-refractivity contribution in [3.05, 3.63) is 12.2 Å². The minimum atomic E-state index is -0.501. The SMILES string of the molecule is CC(C)(CO)NC(=O)CC1C=CCC1. The third kappa shape index (κ3) is 3.50. The molecule has 1 aliphatic rings. The average Bonchev–Trinajstić information content (AvgIpc) is 2.55. The number of aliphatic hydroxyl groups excluding tert-OH is 1. The van der Waals surface area contributed by atoms with Crippen molar-refractivity contribution in [2.75, 3.05) is 6.61 Å². The second-order valence-corrected chi connectivity index (χ2v) is 4.56. The molecule has 0 aromatic heterocycles. The van der Waals surface area contributed by atoms with Gasteiger partial charge in [-0.25, -0.2) is 0 Å². The Morgan fingerprint density at radius 1 is 1.64 bits per heavy atom. The van der Waals surface area contributed by atoms with Crippen molar-refractivity contribution < 1.29 is 9.90 Å². The van der Waals surface area contributed by atoms with Crippen molar-refractivity contribution in [3.8, 4) is 0 Å². The fraction of sp³-hybridized carbons (Fsp3) is 0.727. The Balaban J connectivity index is 2.31. The van der Waals surface area contributed by atoms with Gasteiger partial charge in [-0.2, -0.15) is 0 Å². The lowest BCUT2D eigenvalue weighted by molar-refractivity contribution is -0.123. The summed E-state index contributed by atoms with van der Waals surface area (Å²) >= 11 is 0. The molecule has 0 heterocycles. The first-order valence-electron chi connectivity index (χ1n) is 5.12. The predicted octanol–water partition coefficient (Wildman–Crippen LogP) is 1.23. The quantitative estimate of drug-likeness (QED) is 0.666. The highest BCUT2D eigenvalue weighted by molar-refractivity contribution is 5.77. The second-order valence-electron chi connectivity index (χ2n) is 4.56. The van der Waals surface area contributed by atoms with Crippen molar-refractivity contribution in [2.45, 2.75) is 38.6 Å². The zero-order valence-electron chi connectivity index (χ0n) is 8.92. The van der Waals surface area contributed by atoms with E-state index in [0.717, 1.165) is 12.8 Å². The van der Waals surface area contributed by atoms with Gasteiger partial charge in [0.15, 0.2) is 0 Å². The Kier molecular flexibility index (Phi) is 3.69. The number of nitrogens with one attached hydrogen (secondary N) is 1. The standard InChI is InChI=1S/C11H19NO2/c1-11(2,8-13)12-10(14)7-9-5-3-4-6-9/h3,5,9,13H,4,6-8H2,1-2H3,(H,12,14). The minimum Gasteiger partial charge on any atom is -0.394 e. The summed E-state index contributed by atoms with van der Waals surface area (Å²) in [6.45, 7) is 3.60. The zero-order chi connectivity index (χ0) is 10.6. The van der Waals surface area contributed by atoms with Gasteiger partial charge in [0.05, 0.1) is 12.1 Å². The number of amides is 1. The second kappa shape index (κ2) is 4.60. The molecule has 0 aliphatic heterocycles. The molecule has 14 heavy (non-hydrogen) atoms. The lowest BCUT2D eigenvalue weighted by Gasteiger charge is -2.24. The first kappa shape index (κ1) is 11.2. The molecule has 1 atom stereocenters. The Labute approximate surface area is 85.2 Å². The highest BCUT2D eigenvalue weighted by atomic mass is 16.3. The van der Waals surface area contributed by atoms with Gasteiger partial charge in [0.1, 0.15) is 0 Å². The maximum atomic E-state index is 11.5. The number of carbonyl (C=O) groups excluding carboxylic acids is 1. The maximum absolute atomic E-state index is 11.5. The van der Waals surface area contributed by atoms with E-state index in [-0.39, 0.29) is 12.5 Å². The number of rotatable bonds is 4. The summed E-state index contributed by atoms with van der Waals surface area (Å²) in [4.78, 5) is 11.5. The van der Waals surface area contributed by atoms with E-state index >= 15 is 0 Å². The molecule has 0 radical (unpaired) electrons. The molecule has 2 N–H and O–H groups in total. The van der Waals surface area contributed by atoms with E-state index in [4.69, 9.17) is 5.11 Å². The topological polar surface area (TPSA) is 49.3 Å². The van der Waals surface area contributed by atoms with Crippen LogP contribution in [-0.2, 0) is 4.79 Å². The molecule has 1 unspecified atom stereocenters. The van der Waals surface area contributed by atoms with Gasteiger partial charge in [-0.1, -0.05) is 12.2 Å². The summed E-state index contributed by atoms with van der Waals surface area (Å²) in [5.74, 6) is 0.421. The van der Waals surface area contributed by atoms with E-state index in [1.165, 1.54) is 0 Å². The van der Waals surface area contributed by atoms with Crippen molar-refractivity contribution in [3.63, 3.8) is 0 Å². The van der Waals surface area contributed by atoms with Crippen LogP contribution in [0.1, 0.15) is 33.1 Å². The lowest BCUT2D eigenvalue weighted by atomic mass is 10.0. The van der Waals surface area contributed by atoms with E-state index < -0.39 is 5.54 Å². The molecule has 80 valence electrons. The summed E-state index contributed by atoms with van der Waals surface area (Å²) in [7, 11) is 0. The molecular formula is C11H19NO2. The molecule has 0 saturated heterocycles. The van der Waals surface area contributed by atoms with Crippen LogP contribution in [0.15, 0.2) is 12.2 Å². The van der Waals surface area contributed by atoms with Crippen LogP contribution >= 0.6 is 0 Å². The van der Waals surface area contributed by atoms with Gasteiger partial charge in [-0.15, -0.1) is 0 Å². The van der Waals surface area contributed by atoms with Gasteiger partial charge in [0.25, 0.3) is 0 Å². The number of carbonyl (C=O) groups is 1. The van der Waals surface area contributed by atoms with Crippen LogP contribution in [0.4, 0.5) is 0 Å². The molecule has 3 nitrogen and oxygen atoms in total. The molecule has 0 saturated carbocycles. The summed E-state index contributed by atoms with van der Waals surface area (Å²) in [5.41, 5.74) is -0.501. The van der Waals surface area contributed by atoms with Crippen LogP contribution < -0.4 is 5.32 Å². The summed E-state index contributed by atoms with van der Waals surface area (Å²) in [5, 5.41) is 11.8. The van der Waals surface area contributed by atoms with Gasteiger partial charge in [0, 0.05) is 6.42 Å². The summed E-state index contributed by atoms with van der Waals surface area (Å²) in [6, 6.07) is 0. The first-order chi connectivity index (χ1) is 6.53. The molecule has 0 aromatic carbocycles. The molecule has 0 bridgehead atoms. The monoisotopic (exact) mass is 197 g/mol. The van der Waals surface area contributed by atoms with E-state index in [0.29, 0.717) is 12.3 Å². The third-order valence-corrected chi connectivity index (χ3v) is 2.43. The van der Waals surface area contributed by atoms with E-state index in [1.54, 1.807) is 0 Å². The Morgan fingerprint density at radius 2 is 2.36 bits per heavy atom. The molecule has 0 spiro atoms. The maximum Gasteiger partial charge on any atom is 0.221 e. The fourth-order valence-corrected chi connectivity index (χ4v) is 1.57. The minimum absolute atomic E-state index is 0.0283. The molecule has 3 heteroatoms. The van der Waals surface area contributed by atoms with Crippen LogP contribution in [0, 0.1) is 5.92 Å².